The van der Waals surface area contributed by atoms with Crippen LogP contribution in [0.1, 0.15) is 61.0 Å². The van der Waals surface area contributed by atoms with Crippen LogP contribution in [0.5, 0.6) is 0 Å². The minimum absolute atomic E-state index is 0.0791. The molecule has 35 heavy (non-hydrogen) atoms. The Labute approximate surface area is 204 Å². The fourth-order valence-corrected chi connectivity index (χ4v) is 6.05. The molecule has 0 radical (unpaired) electrons. The van der Waals surface area contributed by atoms with E-state index in [0.717, 1.165) is 69.4 Å². The second kappa shape index (κ2) is 8.41. The first-order valence-electron chi connectivity index (χ1n) is 12.6. The first kappa shape index (κ1) is 22.2. The number of carbonyl (C=O) groups excluding carboxylic acids is 1. The van der Waals surface area contributed by atoms with Gasteiger partial charge in [0.15, 0.2) is 5.78 Å². The number of pyridine rings is 2. The average molecular weight is 474 g/mol. The van der Waals surface area contributed by atoms with E-state index in [1.807, 2.05) is 23.8 Å². The van der Waals surface area contributed by atoms with E-state index in [9.17, 15) is 9.59 Å². The van der Waals surface area contributed by atoms with Crippen LogP contribution in [-0.2, 0) is 0 Å². The second-order valence-electron chi connectivity index (χ2n) is 10.2. The Morgan fingerprint density at radius 1 is 1.14 bits per heavy atom. The lowest BCUT2D eigenvalue weighted by atomic mass is 9.98. The summed E-state index contributed by atoms with van der Waals surface area (Å²) in [5.41, 5.74) is 2.57. The molecule has 1 aliphatic heterocycles. The number of hydrogen-bond donors (Lipinski definition) is 2. The fourth-order valence-electron chi connectivity index (χ4n) is 6.05. The number of aryl methyl sites for hydroxylation is 1. The predicted octanol–water partition coefficient (Wildman–Crippen LogP) is 3.36. The zero-order valence-electron chi connectivity index (χ0n) is 20.3. The lowest BCUT2D eigenvalue weighted by molar-refractivity contribution is 0.101. The van der Waals surface area contributed by atoms with Crippen LogP contribution in [0.15, 0.2) is 29.3 Å². The van der Waals surface area contributed by atoms with Crippen LogP contribution in [0, 0.1) is 12.3 Å². The normalized spacial score (nSPS) is 21.0. The Bertz CT molecular complexity index is 1350. The summed E-state index contributed by atoms with van der Waals surface area (Å²) in [7, 11) is 0. The number of aromatic nitrogens is 4. The van der Waals surface area contributed by atoms with Gasteiger partial charge < -0.3 is 15.5 Å². The molecule has 3 fully saturated rings. The van der Waals surface area contributed by atoms with E-state index in [1.54, 1.807) is 6.20 Å². The van der Waals surface area contributed by atoms with Crippen LogP contribution >= 0.6 is 0 Å². The molecule has 1 atom stereocenters. The molecule has 182 valence electrons. The summed E-state index contributed by atoms with van der Waals surface area (Å²) >= 11 is 0. The highest BCUT2D eigenvalue weighted by atomic mass is 16.1. The van der Waals surface area contributed by atoms with Crippen LogP contribution in [0.4, 0.5) is 17.5 Å². The van der Waals surface area contributed by atoms with Gasteiger partial charge in [0.05, 0.1) is 17.4 Å². The topological polar surface area (TPSA) is 105 Å². The fraction of sp³-hybridized carbons (Fsp3) is 0.500. The number of ketones is 1. The molecule has 4 heterocycles. The summed E-state index contributed by atoms with van der Waals surface area (Å²) in [6.45, 7) is 7.15. The molecular formula is C26H31N7O2. The molecule has 6 rings (SSSR count). The maximum atomic E-state index is 13.6. The molecule has 2 aliphatic carbocycles. The van der Waals surface area contributed by atoms with Gasteiger partial charge in [0.25, 0.3) is 5.56 Å². The van der Waals surface area contributed by atoms with Crippen LogP contribution in [0.25, 0.3) is 11.0 Å². The third kappa shape index (κ3) is 3.78. The molecule has 1 saturated heterocycles. The molecule has 1 spiro atoms. The molecule has 9 heteroatoms. The zero-order chi connectivity index (χ0) is 24.2. The maximum Gasteiger partial charge on any atom is 0.263 e. The molecule has 1 unspecified atom stereocenters. The molecule has 0 amide bonds. The van der Waals surface area contributed by atoms with Crippen molar-refractivity contribution in [3.05, 3.63) is 46.0 Å². The third-order valence-corrected chi connectivity index (χ3v) is 8.09. The van der Waals surface area contributed by atoms with Gasteiger partial charge in [-0.05, 0) is 62.6 Å². The van der Waals surface area contributed by atoms with Crippen molar-refractivity contribution in [2.45, 2.75) is 52.0 Å². The quantitative estimate of drug-likeness (QED) is 0.544. The Kier molecular flexibility index (Phi) is 5.32. The van der Waals surface area contributed by atoms with Crippen LogP contribution < -0.4 is 21.1 Å². The van der Waals surface area contributed by atoms with Gasteiger partial charge >= 0.3 is 0 Å². The van der Waals surface area contributed by atoms with E-state index >= 15 is 0 Å². The lowest BCUT2D eigenvalue weighted by Crippen LogP contribution is -2.43. The van der Waals surface area contributed by atoms with E-state index in [-0.39, 0.29) is 28.4 Å². The molecule has 3 aromatic heterocycles. The van der Waals surface area contributed by atoms with Crippen molar-refractivity contribution >= 4 is 34.3 Å². The third-order valence-electron chi connectivity index (χ3n) is 8.09. The molecule has 3 aromatic rings. The van der Waals surface area contributed by atoms with Gasteiger partial charge in [-0.2, -0.15) is 4.98 Å². The van der Waals surface area contributed by atoms with Crippen molar-refractivity contribution in [2.24, 2.45) is 5.41 Å². The molecule has 3 aliphatic rings. The van der Waals surface area contributed by atoms with E-state index in [0.29, 0.717) is 23.0 Å². The van der Waals surface area contributed by atoms with E-state index in [1.165, 1.54) is 6.92 Å². The summed E-state index contributed by atoms with van der Waals surface area (Å²) in [6.07, 6.45) is 9.03. The number of carbonyl (C=O) groups is 1. The Morgan fingerprint density at radius 3 is 2.63 bits per heavy atom. The minimum Gasteiger partial charge on any atom is -0.368 e. The van der Waals surface area contributed by atoms with Gasteiger partial charge in [-0.25, -0.2) is 9.97 Å². The van der Waals surface area contributed by atoms with Crippen LogP contribution in [-0.4, -0.2) is 51.5 Å². The van der Waals surface area contributed by atoms with Crippen molar-refractivity contribution in [2.75, 3.05) is 36.4 Å². The number of Topliss-reactive ketones (excluding diaryl/α,β-unsaturated/α-hetero) is 1. The van der Waals surface area contributed by atoms with E-state index in [4.69, 9.17) is 4.98 Å². The highest BCUT2D eigenvalue weighted by Crippen LogP contribution is 2.63. The maximum absolute atomic E-state index is 13.6. The number of piperazine rings is 1. The Balaban J connectivity index is 1.39. The summed E-state index contributed by atoms with van der Waals surface area (Å²) in [5, 5.41) is 7.33. The number of nitrogens with one attached hydrogen (secondary N) is 2. The number of hydrogen-bond acceptors (Lipinski definition) is 8. The van der Waals surface area contributed by atoms with Gasteiger partial charge in [0, 0.05) is 43.8 Å². The van der Waals surface area contributed by atoms with Crippen molar-refractivity contribution in [3.8, 4) is 0 Å². The predicted molar refractivity (Wildman–Crippen MR) is 136 cm³/mol. The molecule has 0 bridgehead atoms. The second-order valence-corrected chi connectivity index (χ2v) is 10.2. The van der Waals surface area contributed by atoms with Gasteiger partial charge in [0.1, 0.15) is 11.5 Å². The number of rotatable bonds is 5. The van der Waals surface area contributed by atoms with Gasteiger partial charge in [-0.1, -0.05) is 6.42 Å². The van der Waals surface area contributed by atoms with Crippen molar-refractivity contribution in [1.82, 2.24) is 24.8 Å². The Hall–Kier alpha value is -3.33. The van der Waals surface area contributed by atoms with Crippen molar-refractivity contribution in [3.63, 3.8) is 0 Å². The number of fused-ring (bicyclic) bond motifs is 1. The SMILES string of the molecule is CC(=O)c1c(C)c2cnc(Nc3ccc(N4CCNCC4)cn3)nc2n(C2CCCC23CC3)c1=O. The first-order valence-corrected chi connectivity index (χ1v) is 12.6. The van der Waals surface area contributed by atoms with E-state index < -0.39 is 0 Å². The first-order chi connectivity index (χ1) is 17.0. The summed E-state index contributed by atoms with van der Waals surface area (Å²) in [4.78, 5) is 42.3. The van der Waals surface area contributed by atoms with Gasteiger partial charge in [0.2, 0.25) is 5.95 Å². The standard InChI is InChI=1S/C26H31N7O2/c1-16-19-15-29-25(30-21-6-5-18(14-28-21)32-12-10-27-11-13-32)31-23(19)33(24(35)22(16)17(2)34)20-4-3-7-26(20)8-9-26/h5-6,14-15,20,27H,3-4,7-13H2,1-2H3,(H,28,29,30,31). The summed E-state index contributed by atoms with van der Waals surface area (Å²) in [6, 6.07) is 4.06. The highest BCUT2D eigenvalue weighted by Gasteiger charge is 2.53. The van der Waals surface area contributed by atoms with Crippen molar-refractivity contribution < 1.29 is 4.79 Å². The van der Waals surface area contributed by atoms with Crippen molar-refractivity contribution in [1.29, 1.82) is 0 Å². The summed E-state index contributed by atoms with van der Waals surface area (Å²) in [5.74, 6) is 0.835. The van der Waals surface area contributed by atoms with Gasteiger partial charge in [-0.3, -0.25) is 14.2 Å². The summed E-state index contributed by atoms with van der Waals surface area (Å²) < 4.78 is 1.81. The van der Waals surface area contributed by atoms with Gasteiger partial charge in [-0.15, -0.1) is 0 Å². The minimum atomic E-state index is -0.219. The van der Waals surface area contributed by atoms with Crippen LogP contribution in [0.3, 0.4) is 0 Å². The average Bonchev–Trinajstić information content (AvgIpc) is 3.53. The smallest absolute Gasteiger partial charge is 0.263 e. The molecular weight excluding hydrogens is 442 g/mol. The molecule has 0 aromatic carbocycles. The zero-order valence-corrected chi connectivity index (χ0v) is 20.3. The largest absolute Gasteiger partial charge is 0.368 e. The van der Waals surface area contributed by atoms with Crippen LogP contribution in [0.2, 0.25) is 0 Å². The number of anilines is 3. The molecule has 2 N–H and O–H groups in total. The Morgan fingerprint density at radius 2 is 1.94 bits per heavy atom. The number of nitrogens with zero attached hydrogens (tertiary/aromatic N) is 5. The highest BCUT2D eigenvalue weighted by molar-refractivity contribution is 5.99. The monoisotopic (exact) mass is 473 g/mol. The molecule has 2 saturated carbocycles. The lowest BCUT2D eigenvalue weighted by Gasteiger charge is -2.29. The molecule has 9 nitrogen and oxygen atoms in total. The van der Waals surface area contributed by atoms with E-state index in [2.05, 4.69) is 31.6 Å².